The summed E-state index contributed by atoms with van der Waals surface area (Å²) in [6, 6.07) is 12.0. The maximum absolute atomic E-state index is 16.6. The molecule has 292 valence electrons. The number of hydrogen-bond donors (Lipinski definition) is 0. The highest BCUT2D eigenvalue weighted by Crippen LogP contribution is 2.54. The highest BCUT2D eigenvalue weighted by molar-refractivity contribution is 7.31. The second-order valence-electron chi connectivity index (χ2n) is 17.2. The molecule has 1 unspecified atom stereocenters. The van der Waals surface area contributed by atoms with Gasteiger partial charge in [-0.3, -0.25) is 4.79 Å². The van der Waals surface area contributed by atoms with Gasteiger partial charge in [0.15, 0.2) is 11.6 Å². The van der Waals surface area contributed by atoms with Crippen molar-refractivity contribution >= 4 is 92.7 Å². The maximum atomic E-state index is 16.6. The largest absolute Gasteiger partial charge is 0.293 e. The molecule has 0 saturated heterocycles. The summed E-state index contributed by atoms with van der Waals surface area (Å²) < 4.78 is 20.2. The van der Waals surface area contributed by atoms with Crippen LogP contribution < -0.4 is 0 Å². The monoisotopic (exact) mass is 820 g/mol. The van der Waals surface area contributed by atoms with Crippen molar-refractivity contribution in [3.63, 3.8) is 0 Å². The Bertz CT molecular complexity index is 2190. The number of ketones is 1. The normalized spacial score (nSPS) is 13.3. The molecular weight excluding hydrogens is 760 g/mol. The Morgan fingerprint density at radius 3 is 2.17 bits per heavy atom. The van der Waals surface area contributed by atoms with Crippen LogP contribution in [0.5, 0.6) is 0 Å². The highest BCUT2D eigenvalue weighted by Gasteiger charge is 2.32. The second kappa shape index (κ2) is 17.7. The number of thiophene rings is 5. The van der Waals surface area contributed by atoms with E-state index >= 15 is 4.39 Å². The molecule has 0 fully saturated rings. The fourth-order valence-electron chi connectivity index (χ4n) is 7.56. The van der Waals surface area contributed by atoms with E-state index in [1.54, 1.807) is 11.3 Å². The van der Waals surface area contributed by atoms with E-state index in [4.69, 9.17) is 0 Å². The van der Waals surface area contributed by atoms with Gasteiger partial charge in [-0.05, 0) is 71.7 Å². The first-order valence-corrected chi connectivity index (χ1v) is 24.8. The predicted octanol–water partition coefficient (Wildman–Crippen LogP) is 18.0. The van der Waals surface area contributed by atoms with Gasteiger partial charge in [0.25, 0.3) is 0 Å². The van der Waals surface area contributed by atoms with Crippen LogP contribution in [-0.2, 0) is 17.3 Å². The van der Waals surface area contributed by atoms with Gasteiger partial charge in [0, 0.05) is 56.5 Å². The predicted molar refractivity (Wildman–Crippen MR) is 245 cm³/mol. The number of unbranched alkanes of at least 4 members (excludes halogenated alkanes) is 7. The molecule has 5 heterocycles. The highest BCUT2D eigenvalue weighted by atomic mass is 32.1. The first kappa shape index (κ1) is 41.7. The molecule has 6 rings (SSSR count). The van der Waals surface area contributed by atoms with Crippen LogP contribution in [0.2, 0.25) is 0 Å². The third-order valence-electron chi connectivity index (χ3n) is 11.5. The molecule has 1 atom stereocenters. The molecule has 54 heavy (non-hydrogen) atoms. The Morgan fingerprint density at radius 1 is 0.759 bits per heavy atom. The Morgan fingerprint density at radius 2 is 1.48 bits per heavy atom. The topological polar surface area (TPSA) is 17.1 Å². The number of carbonyl (C=O) groups excluding carboxylic acids is 1. The van der Waals surface area contributed by atoms with Crippen molar-refractivity contribution < 1.29 is 9.18 Å². The average molecular weight is 821 g/mol. The molecule has 5 aromatic heterocycles. The van der Waals surface area contributed by atoms with Gasteiger partial charge in [0.1, 0.15) is 4.88 Å². The van der Waals surface area contributed by atoms with Crippen molar-refractivity contribution in [3.8, 4) is 20.2 Å². The number of hydrogen-bond acceptors (Lipinski definition) is 6. The van der Waals surface area contributed by atoms with Crippen LogP contribution in [0.1, 0.15) is 170 Å². The lowest BCUT2D eigenvalue weighted by molar-refractivity contribution is 0.0979. The van der Waals surface area contributed by atoms with E-state index in [2.05, 4.69) is 92.6 Å². The van der Waals surface area contributed by atoms with Crippen molar-refractivity contribution in [2.75, 3.05) is 0 Å². The molecule has 0 N–H and O–H groups in total. The molecule has 0 spiro atoms. The molecule has 0 bridgehead atoms. The maximum Gasteiger partial charge on any atom is 0.175 e. The molecule has 6 aromatic rings. The smallest absolute Gasteiger partial charge is 0.175 e. The van der Waals surface area contributed by atoms with Gasteiger partial charge in [-0.25, -0.2) is 4.39 Å². The van der Waals surface area contributed by atoms with Crippen molar-refractivity contribution in [1.29, 1.82) is 0 Å². The van der Waals surface area contributed by atoms with Crippen molar-refractivity contribution in [2.24, 2.45) is 5.92 Å². The molecule has 7 heteroatoms. The number of carbonyl (C=O) groups is 1. The molecule has 0 aliphatic rings. The molecule has 0 radical (unpaired) electrons. The third-order valence-corrected chi connectivity index (χ3v) is 18.3. The lowest BCUT2D eigenvalue weighted by Crippen LogP contribution is -2.14. The number of rotatable bonds is 19. The van der Waals surface area contributed by atoms with E-state index < -0.39 is 0 Å². The van der Waals surface area contributed by atoms with E-state index in [0.29, 0.717) is 16.7 Å². The average Bonchev–Trinajstić information content (AvgIpc) is 3.97. The van der Waals surface area contributed by atoms with Crippen LogP contribution >= 0.6 is 56.7 Å². The summed E-state index contributed by atoms with van der Waals surface area (Å²) in [5.41, 5.74) is 1.23. The van der Waals surface area contributed by atoms with E-state index in [9.17, 15) is 4.79 Å². The van der Waals surface area contributed by atoms with Crippen LogP contribution in [0.3, 0.4) is 0 Å². The summed E-state index contributed by atoms with van der Waals surface area (Å²) in [6.45, 7) is 20.4. The fourth-order valence-corrected chi connectivity index (χ4v) is 14.2. The Labute approximate surface area is 344 Å². The van der Waals surface area contributed by atoms with Crippen LogP contribution in [-0.4, -0.2) is 5.78 Å². The van der Waals surface area contributed by atoms with Crippen LogP contribution in [0.25, 0.3) is 50.5 Å². The molecule has 1 aromatic carbocycles. The van der Waals surface area contributed by atoms with Crippen molar-refractivity contribution in [2.45, 2.75) is 163 Å². The minimum Gasteiger partial charge on any atom is -0.293 e. The summed E-state index contributed by atoms with van der Waals surface area (Å²) >= 11 is 8.92. The van der Waals surface area contributed by atoms with Crippen molar-refractivity contribution in [1.82, 2.24) is 0 Å². The summed E-state index contributed by atoms with van der Waals surface area (Å²) in [5, 5.41) is 3.30. The SMILES string of the molecule is CCCCCCCCCC(=O)c1sc2c(-c3cc4c(-c5ccc(CC(CC)CCCC)s5)c5sc(C(C)(C)C)cc5cc4s3)sc(C(C)(C)CC)c2c1F. The Hall–Kier alpha value is -1.90. The number of fused-ring (bicyclic) bond motifs is 3. The van der Waals surface area contributed by atoms with Gasteiger partial charge in [0.2, 0.25) is 0 Å². The Kier molecular flexibility index (Phi) is 13.7. The van der Waals surface area contributed by atoms with E-state index in [1.165, 1.54) is 108 Å². The Balaban J connectivity index is 1.44. The minimum absolute atomic E-state index is 0.0273. The van der Waals surface area contributed by atoms with Gasteiger partial charge in [-0.15, -0.1) is 56.7 Å². The van der Waals surface area contributed by atoms with Gasteiger partial charge < -0.3 is 0 Å². The molecule has 0 saturated carbocycles. The first-order valence-electron chi connectivity index (χ1n) is 20.7. The molecule has 0 aliphatic carbocycles. The van der Waals surface area contributed by atoms with Gasteiger partial charge in [-0.1, -0.05) is 127 Å². The summed E-state index contributed by atoms with van der Waals surface area (Å²) in [7, 11) is 0. The van der Waals surface area contributed by atoms with E-state index in [1.807, 2.05) is 34.0 Å². The first-order chi connectivity index (χ1) is 25.8. The molecule has 0 amide bonds. The van der Waals surface area contributed by atoms with Crippen LogP contribution in [0.4, 0.5) is 4.39 Å². The molecular formula is C47H61FOS5. The molecule has 1 nitrogen and oxygen atoms in total. The number of benzene rings is 1. The lowest BCUT2D eigenvalue weighted by Gasteiger charge is -2.21. The summed E-state index contributed by atoms with van der Waals surface area (Å²) in [5.74, 6) is 0.422. The molecule has 0 aliphatic heterocycles. The lowest BCUT2D eigenvalue weighted by atomic mass is 9.87. The van der Waals surface area contributed by atoms with E-state index in [-0.39, 0.29) is 22.4 Å². The van der Waals surface area contributed by atoms with Gasteiger partial charge >= 0.3 is 0 Å². The second-order valence-corrected chi connectivity index (χ2v) is 22.5. The zero-order chi connectivity index (χ0) is 38.8. The zero-order valence-electron chi connectivity index (χ0n) is 34.2. The zero-order valence-corrected chi connectivity index (χ0v) is 38.3. The summed E-state index contributed by atoms with van der Waals surface area (Å²) in [4.78, 5) is 21.6. The van der Waals surface area contributed by atoms with Gasteiger partial charge in [-0.2, -0.15) is 0 Å². The van der Waals surface area contributed by atoms with Crippen molar-refractivity contribution in [3.05, 3.63) is 55.7 Å². The fraction of sp³-hybridized carbons (Fsp3) is 0.553. The van der Waals surface area contributed by atoms with Crippen LogP contribution in [0, 0.1) is 11.7 Å². The van der Waals surface area contributed by atoms with E-state index in [0.717, 1.165) is 52.5 Å². The summed E-state index contributed by atoms with van der Waals surface area (Å²) in [6.07, 6.45) is 15.6. The van der Waals surface area contributed by atoms with Crippen LogP contribution in [0.15, 0.2) is 30.3 Å². The quantitative estimate of drug-likeness (QED) is 0.0588. The third kappa shape index (κ3) is 8.81. The van der Waals surface area contributed by atoms with Gasteiger partial charge in [0.05, 0.1) is 9.58 Å². The minimum atomic E-state index is -0.283. The number of halogens is 1. The number of Topliss-reactive ketones (excluding diaryl/α,β-unsaturated/α-hetero) is 1. The standard InChI is InChI=1S/C47H61FOS5/c1-10-14-16-17-18-19-20-22-33(49)42-40(48)39-44(53-42)43(54-45(39)47(8,9)13-4)36-28-32-35(51-36)26-30-27-37(46(5,6)7)52-41(30)38(32)34-24-23-31(50-34)25-29(12-3)21-15-11-2/h23-24,26-29H,10-22,25H2,1-9H3.